The number of hydrogen-bond acceptors (Lipinski definition) is 2. The molecule has 0 aliphatic rings. The van der Waals surface area contributed by atoms with Gasteiger partial charge in [0.25, 0.3) is 0 Å². The first kappa shape index (κ1) is 8.91. The molecule has 0 fully saturated rings. The minimum absolute atomic E-state index is 0.0547. The number of aromatic nitrogens is 1. The molecule has 0 aliphatic heterocycles. The summed E-state index contributed by atoms with van der Waals surface area (Å²) in [6.07, 6.45) is 3.64. The van der Waals surface area contributed by atoms with E-state index in [2.05, 4.69) is 11.9 Å². The van der Waals surface area contributed by atoms with Crippen molar-refractivity contribution in [2.24, 2.45) is 0 Å². The molecule has 0 saturated heterocycles. The highest BCUT2D eigenvalue weighted by molar-refractivity contribution is 5.93. The van der Waals surface area contributed by atoms with Crippen LogP contribution >= 0.6 is 0 Å². The molecule has 0 radical (unpaired) electrons. The lowest BCUT2D eigenvalue weighted by molar-refractivity contribution is 0.101. The number of carbonyl (C=O) groups is 1. The van der Waals surface area contributed by atoms with E-state index in [4.69, 9.17) is 0 Å². The first-order valence-corrected chi connectivity index (χ1v) is 4.20. The van der Waals surface area contributed by atoms with Gasteiger partial charge >= 0.3 is 0 Å². The Morgan fingerprint density at radius 1 is 1.58 bits per heavy atom. The lowest BCUT2D eigenvalue weighted by Gasteiger charge is -2.02. The summed E-state index contributed by atoms with van der Waals surface area (Å²) in [6, 6.07) is 3.84. The van der Waals surface area contributed by atoms with Gasteiger partial charge in [-0.15, -0.1) is 0 Å². The molecule has 0 amide bonds. The van der Waals surface area contributed by atoms with Crippen LogP contribution in [0.5, 0.6) is 0 Å². The summed E-state index contributed by atoms with van der Waals surface area (Å²) in [4.78, 5) is 15.1. The zero-order chi connectivity index (χ0) is 8.97. The van der Waals surface area contributed by atoms with Crippen molar-refractivity contribution in [3.63, 3.8) is 0 Å². The molecule has 0 spiro atoms. The molecule has 2 nitrogen and oxygen atoms in total. The predicted octanol–water partition coefficient (Wildman–Crippen LogP) is 2.24. The molecule has 0 unspecified atom stereocenters. The van der Waals surface area contributed by atoms with Crippen molar-refractivity contribution in [3.8, 4) is 0 Å². The average molecular weight is 163 g/mol. The largest absolute Gasteiger partial charge is 0.293 e. The first-order chi connectivity index (χ1) is 5.75. The Bertz CT molecular complexity index is 281. The Labute approximate surface area is 72.6 Å². The van der Waals surface area contributed by atoms with E-state index in [1.807, 2.05) is 12.1 Å². The van der Waals surface area contributed by atoms with E-state index in [0.29, 0.717) is 5.69 Å². The Balaban J connectivity index is 3.00. The van der Waals surface area contributed by atoms with Gasteiger partial charge in [0.2, 0.25) is 0 Å². The van der Waals surface area contributed by atoms with Crippen LogP contribution in [0.4, 0.5) is 0 Å². The zero-order valence-electron chi connectivity index (χ0n) is 7.50. The van der Waals surface area contributed by atoms with Crippen molar-refractivity contribution >= 4 is 5.78 Å². The summed E-state index contributed by atoms with van der Waals surface area (Å²) in [5, 5.41) is 0. The molecule has 1 heterocycles. The van der Waals surface area contributed by atoms with E-state index >= 15 is 0 Å². The molecule has 0 atom stereocenters. The monoisotopic (exact) mass is 163 g/mol. The van der Waals surface area contributed by atoms with Gasteiger partial charge in [0, 0.05) is 13.1 Å². The third-order valence-corrected chi connectivity index (χ3v) is 1.74. The van der Waals surface area contributed by atoms with E-state index in [9.17, 15) is 4.79 Å². The van der Waals surface area contributed by atoms with Crippen molar-refractivity contribution < 1.29 is 4.79 Å². The lowest BCUT2D eigenvalue weighted by atomic mass is 10.1. The molecule has 12 heavy (non-hydrogen) atoms. The summed E-state index contributed by atoms with van der Waals surface area (Å²) in [7, 11) is 0. The standard InChI is InChI=1S/C10H13NO/c1-3-5-9-6-4-7-11-10(9)8(2)12/h4,6-7H,3,5H2,1-2H3. The van der Waals surface area contributed by atoms with Crippen LogP contribution in [0, 0.1) is 0 Å². The van der Waals surface area contributed by atoms with Crippen LogP contribution in [0.1, 0.15) is 36.3 Å². The van der Waals surface area contributed by atoms with E-state index in [0.717, 1.165) is 18.4 Å². The average Bonchev–Trinajstić information content (AvgIpc) is 2.05. The van der Waals surface area contributed by atoms with Gasteiger partial charge in [0.1, 0.15) is 5.69 Å². The molecule has 1 aromatic rings. The molecule has 1 aromatic heterocycles. The number of aryl methyl sites for hydroxylation is 1. The number of Topliss-reactive ketones (excluding diaryl/α,β-unsaturated/α-hetero) is 1. The number of pyridine rings is 1. The van der Waals surface area contributed by atoms with Crippen molar-refractivity contribution in [2.75, 3.05) is 0 Å². The molecule has 2 heteroatoms. The highest BCUT2D eigenvalue weighted by atomic mass is 16.1. The molecular formula is C10H13NO. The third-order valence-electron chi connectivity index (χ3n) is 1.74. The second-order valence-corrected chi connectivity index (χ2v) is 2.82. The summed E-state index contributed by atoms with van der Waals surface area (Å²) in [5.74, 6) is 0.0547. The summed E-state index contributed by atoms with van der Waals surface area (Å²) in [5.41, 5.74) is 1.69. The highest BCUT2D eigenvalue weighted by Gasteiger charge is 2.05. The second-order valence-electron chi connectivity index (χ2n) is 2.82. The van der Waals surface area contributed by atoms with Crippen molar-refractivity contribution in [2.45, 2.75) is 26.7 Å². The quantitative estimate of drug-likeness (QED) is 0.639. The van der Waals surface area contributed by atoms with Gasteiger partial charge in [0.15, 0.2) is 5.78 Å². The number of hydrogen-bond donors (Lipinski definition) is 0. The first-order valence-electron chi connectivity index (χ1n) is 4.20. The maximum Gasteiger partial charge on any atom is 0.178 e. The van der Waals surface area contributed by atoms with Gasteiger partial charge in [-0.2, -0.15) is 0 Å². The number of rotatable bonds is 3. The Morgan fingerprint density at radius 3 is 2.92 bits per heavy atom. The Kier molecular flexibility index (Phi) is 2.97. The summed E-state index contributed by atoms with van der Waals surface area (Å²) in [6.45, 7) is 3.65. The molecule has 1 rings (SSSR count). The normalized spacial score (nSPS) is 9.83. The van der Waals surface area contributed by atoms with Gasteiger partial charge < -0.3 is 0 Å². The van der Waals surface area contributed by atoms with Gasteiger partial charge in [-0.1, -0.05) is 19.4 Å². The molecule has 0 N–H and O–H groups in total. The molecule has 64 valence electrons. The predicted molar refractivity (Wildman–Crippen MR) is 48.2 cm³/mol. The lowest BCUT2D eigenvalue weighted by Crippen LogP contribution is -2.02. The van der Waals surface area contributed by atoms with Gasteiger partial charge in [0.05, 0.1) is 0 Å². The molecule has 0 saturated carbocycles. The van der Waals surface area contributed by atoms with Gasteiger partial charge in [-0.3, -0.25) is 9.78 Å². The fraction of sp³-hybridized carbons (Fsp3) is 0.400. The minimum Gasteiger partial charge on any atom is -0.293 e. The van der Waals surface area contributed by atoms with Crippen LogP contribution in [0.25, 0.3) is 0 Å². The second kappa shape index (κ2) is 4.00. The van der Waals surface area contributed by atoms with Crippen LogP contribution in [0.2, 0.25) is 0 Å². The van der Waals surface area contributed by atoms with E-state index < -0.39 is 0 Å². The Morgan fingerprint density at radius 2 is 2.33 bits per heavy atom. The summed E-state index contributed by atoms with van der Waals surface area (Å²) < 4.78 is 0. The Hall–Kier alpha value is -1.18. The van der Waals surface area contributed by atoms with Crippen molar-refractivity contribution in [1.82, 2.24) is 4.98 Å². The SMILES string of the molecule is CCCc1cccnc1C(C)=O. The van der Waals surface area contributed by atoms with Crippen LogP contribution in [0.3, 0.4) is 0 Å². The number of ketones is 1. The smallest absolute Gasteiger partial charge is 0.178 e. The number of carbonyl (C=O) groups excluding carboxylic acids is 1. The van der Waals surface area contributed by atoms with Crippen LogP contribution in [0.15, 0.2) is 18.3 Å². The fourth-order valence-electron chi connectivity index (χ4n) is 1.23. The topological polar surface area (TPSA) is 30.0 Å². The highest BCUT2D eigenvalue weighted by Crippen LogP contribution is 2.08. The molecule has 0 aliphatic carbocycles. The summed E-state index contributed by atoms with van der Waals surface area (Å²) >= 11 is 0. The maximum absolute atomic E-state index is 11.1. The minimum atomic E-state index is 0.0547. The molecular weight excluding hydrogens is 150 g/mol. The van der Waals surface area contributed by atoms with Crippen LogP contribution in [-0.4, -0.2) is 10.8 Å². The van der Waals surface area contributed by atoms with Crippen molar-refractivity contribution in [1.29, 1.82) is 0 Å². The molecule has 0 bridgehead atoms. The molecule has 0 aromatic carbocycles. The fourth-order valence-corrected chi connectivity index (χ4v) is 1.23. The van der Waals surface area contributed by atoms with E-state index in [-0.39, 0.29) is 5.78 Å². The van der Waals surface area contributed by atoms with Gasteiger partial charge in [-0.25, -0.2) is 0 Å². The zero-order valence-corrected chi connectivity index (χ0v) is 7.50. The van der Waals surface area contributed by atoms with Crippen LogP contribution < -0.4 is 0 Å². The number of nitrogens with zero attached hydrogens (tertiary/aromatic N) is 1. The van der Waals surface area contributed by atoms with Crippen molar-refractivity contribution in [3.05, 3.63) is 29.6 Å². The van der Waals surface area contributed by atoms with Gasteiger partial charge in [-0.05, 0) is 18.1 Å². The van der Waals surface area contributed by atoms with E-state index in [1.165, 1.54) is 0 Å². The van der Waals surface area contributed by atoms with Crippen LogP contribution in [-0.2, 0) is 6.42 Å². The maximum atomic E-state index is 11.1. The third kappa shape index (κ3) is 1.91. The van der Waals surface area contributed by atoms with E-state index in [1.54, 1.807) is 13.1 Å².